The molecule has 2 rings (SSSR count). The van der Waals surface area contributed by atoms with Crippen molar-refractivity contribution in [3.63, 3.8) is 0 Å². The number of hydrogen-bond acceptors (Lipinski definition) is 3. The van der Waals surface area contributed by atoms with E-state index in [0.29, 0.717) is 25.8 Å². The largest absolute Gasteiger partial charge is 0.480 e. The monoisotopic (exact) mass is 256 g/mol. The number of rotatable bonds is 2. The first-order valence-electron chi connectivity index (χ1n) is 6.56. The zero-order valence-electron chi connectivity index (χ0n) is 10.3. The topological polar surface area (TPSA) is 89.9 Å². The average molecular weight is 256 g/mol. The van der Waals surface area contributed by atoms with Gasteiger partial charge in [-0.1, -0.05) is 0 Å². The van der Waals surface area contributed by atoms with E-state index in [4.69, 9.17) is 5.11 Å². The molecule has 0 aromatic heterocycles. The van der Waals surface area contributed by atoms with Crippen LogP contribution in [0.3, 0.4) is 0 Å². The Kier molecular flexibility index (Phi) is 4.06. The molecule has 1 saturated heterocycles. The van der Waals surface area contributed by atoms with Crippen LogP contribution in [0, 0.1) is 0 Å². The second-order valence-electron chi connectivity index (χ2n) is 5.14. The van der Waals surface area contributed by atoms with Gasteiger partial charge in [0.05, 0.1) is 6.10 Å². The highest BCUT2D eigenvalue weighted by molar-refractivity contribution is 5.83. The van der Waals surface area contributed by atoms with Crippen LogP contribution in [0.2, 0.25) is 0 Å². The second-order valence-corrected chi connectivity index (χ2v) is 5.14. The van der Waals surface area contributed by atoms with Crippen LogP contribution in [0.15, 0.2) is 0 Å². The zero-order chi connectivity index (χ0) is 13.1. The summed E-state index contributed by atoms with van der Waals surface area (Å²) in [5, 5.41) is 21.3. The lowest BCUT2D eigenvalue weighted by Crippen LogP contribution is -2.50. The molecule has 6 nitrogen and oxygen atoms in total. The van der Waals surface area contributed by atoms with E-state index in [1.807, 2.05) is 0 Å². The number of carbonyl (C=O) groups is 2. The molecule has 0 aromatic rings. The van der Waals surface area contributed by atoms with Crippen molar-refractivity contribution in [3.8, 4) is 0 Å². The minimum Gasteiger partial charge on any atom is -0.480 e. The lowest BCUT2D eigenvalue weighted by atomic mass is 9.93. The van der Waals surface area contributed by atoms with Crippen LogP contribution in [0.5, 0.6) is 0 Å². The normalized spacial score (nSPS) is 32.3. The average Bonchev–Trinajstić information content (AvgIpc) is 2.81. The van der Waals surface area contributed by atoms with Crippen molar-refractivity contribution in [1.82, 2.24) is 10.2 Å². The maximum atomic E-state index is 12.0. The van der Waals surface area contributed by atoms with Gasteiger partial charge in [-0.05, 0) is 38.5 Å². The molecule has 1 atom stereocenters. The Morgan fingerprint density at radius 2 is 1.78 bits per heavy atom. The first kappa shape index (κ1) is 13.1. The number of carboxylic acid groups (broad SMARTS) is 1. The van der Waals surface area contributed by atoms with Crippen molar-refractivity contribution in [2.75, 3.05) is 6.54 Å². The number of likely N-dealkylation sites (tertiary alicyclic amines) is 1. The molecule has 1 heterocycles. The van der Waals surface area contributed by atoms with Gasteiger partial charge >= 0.3 is 12.0 Å². The molecule has 1 aliphatic heterocycles. The number of carboxylic acids is 1. The van der Waals surface area contributed by atoms with Gasteiger partial charge in [-0.25, -0.2) is 9.59 Å². The Labute approximate surface area is 106 Å². The molecule has 2 aliphatic rings. The number of hydrogen-bond donors (Lipinski definition) is 3. The minimum absolute atomic E-state index is 0.0657. The third-order valence-corrected chi connectivity index (χ3v) is 3.82. The minimum atomic E-state index is -0.929. The van der Waals surface area contributed by atoms with Crippen LogP contribution in [0.4, 0.5) is 4.79 Å². The van der Waals surface area contributed by atoms with E-state index in [2.05, 4.69) is 5.32 Å². The molecule has 6 heteroatoms. The number of aliphatic hydroxyl groups excluding tert-OH is 1. The summed E-state index contributed by atoms with van der Waals surface area (Å²) in [7, 11) is 0. The molecule has 1 aliphatic carbocycles. The molecule has 2 fully saturated rings. The molecule has 0 aromatic carbocycles. The Balaban J connectivity index is 1.86. The molecule has 3 N–H and O–H groups in total. The maximum absolute atomic E-state index is 12.0. The van der Waals surface area contributed by atoms with Crippen LogP contribution >= 0.6 is 0 Å². The number of amides is 2. The summed E-state index contributed by atoms with van der Waals surface area (Å²) < 4.78 is 0. The molecule has 18 heavy (non-hydrogen) atoms. The smallest absolute Gasteiger partial charge is 0.326 e. The molecular weight excluding hydrogens is 236 g/mol. The van der Waals surface area contributed by atoms with Crippen LogP contribution in [0.1, 0.15) is 38.5 Å². The zero-order valence-corrected chi connectivity index (χ0v) is 10.3. The van der Waals surface area contributed by atoms with Crippen molar-refractivity contribution < 1.29 is 19.8 Å². The van der Waals surface area contributed by atoms with Gasteiger partial charge in [0, 0.05) is 12.6 Å². The Bertz CT molecular complexity index is 326. The van der Waals surface area contributed by atoms with Crippen LogP contribution in [-0.2, 0) is 4.79 Å². The van der Waals surface area contributed by atoms with Crippen molar-refractivity contribution in [3.05, 3.63) is 0 Å². The summed E-state index contributed by atoms with van der Waals surface area (Å²) in [4.78, 5) is 24.4. The van der Waals surface area contributed by atoms with Gasteiger partial charge in [-0.3, -0.25) is 0 Å². The lowest BCUT2D eigenvalue weighted by Gasteiger charge is -2.29. The fraction of sp³-hybridized carbons (Fsp3) is 0.833. The van der Waals surface area contributed by atoms with Crippen LogP contribution < -0.4 is 5.32 Å². The van der Waals surface area contributed by atoms with E-state index < -0.39 is 12.0 Å². The van der Waals surface area contributed by atoms with E-state index in [1.165, 1.54) is 4.90 Å². The van der Waals surface area contributed by atoms with Crippen molar-refractivity contribution in [2.24, 2.45) is 0 Å². The van der Waals surface area contributed by atoms with E-state index in [1.54, 1.807) is 0 Å². The highest BCUT2D eigenvalue weighted by atomic mass is 16.4. The van der Waals surface area contributed by atoms with Gasteiger partial charge in [0.15, 0.2) is 0 Å². The molecule has 102 valence electrons. The molecule has 0 bridgehead atoms. The standard InChI is InChI=1S/C12H20N2O4/c15-9-5-3-8(4-6-9)13-12(18)14-7-1-2-10(14)11(16)17/h8-10,15H,1-7H2,(H,13,18)(H,16,17)/t8?,9?,10-/m1/s1. The summed E-state index contributed by atoms with van der Waals surface area (Å²) in [6.45, 7) is 0.512. The van der Waals surface area contributed by atoms with E-state index >= 15 is 0 Å². The molecular formula is C12H20N2O4. The summed E-state index contributed by atoms with van der Waals surface area (Å²) in [6, 6.07) is -0.892. The third kappa shape index (κ3) is 2.93. The van der Waals surface area contributed by atoms with Crippen LogP contribution in [-0.4, -0.2) is 51.8 Å². The predicted octanol–water partition coefficient (Wildman–Crippen LogP) is 0.548. The second kappa shape index (κ2) is 5.56. The summed E-state index contributed by atoms with van der Waals surface area (Å²) in [6.07, 6.45) is 3.95. The number of carbonyl (C=O) groups excluding carboxylic acids is 1. The van der Waals surface area contributed by atoms with Gasteiger partial charge in [0.2, 0.25) is 0 Å². The first-order chi connectivity index (χ1) is 8.58. The van der Waals surface area contributed by atoms with Gasteiger partial charge < -0.3 is 20.4 Å². The summed E-state index contributed by atoms with van der Waals surface area (Å²) in [5.74, 6) is -0.929. The van der Waals surface area contributed by atoms with Crippen LogP contribution in [0.25, 0.3) is 0 Å². The fourth-order valence-corrected chi connectivity index (χ4v) is 2.74. The number of aliphatic hydroxyl groups is 1. The highest BCUT2D eigenvalue weighted by Crippen LogP contribution is 2.21. The molecule has 0 unspecified atom stereocenters. The first-order valence-corrected chi connectivity index (χ1v) is 6.56. The Morgan fingerprint density at radius 1 is 1.11 bits per heavy atom. The van der Waals surface area contributed by atoms with Crippen molar-refractivity contribution in [2.45, 2.75) is 56.7 Å². The van der Waals surface area contributed by atoms with Gasteiger partial charge in [-0.2, -0.15) is 0 Å². The van der Waals surface area contributed by atoms with E-state index in [-0.39, 0.29) is 18.2 Å². The summed E-state index contributed by atoms with van der Waals surface area (Å²) in [5.41, 5.74) is 0. The number of nitrogens with zero attached hydrogens (tertiary/aromatic N) is 1. The fourth-order valence-electron chi connectivity index (χ4n) is 2.74. The van der Waals surface area contributed by atoms with E-state index in [9.17, 15) is 14.7 Å². The number of urea groups is 1. The predicted molar refractivity (Wildman–Crippen MR) is 64.2 cm³/mol. The quantitative estimate of drug-likeness (QED) is 0.673. The van der Waals surface area contributed by atoms with E-state index in [0.717, 1.165) is 19.3 Å². The molecule has 1 saturated carbocycles. The SMILES string of the molecule is O=C(O)[C@H]1CCCN1C(=O)NC1CCC(O)CC1. The summed E-state index contributed by atoms with van der Waals surface area (Å²) >= 11 is 0. The Morgan fingerprint density at radius 3 is 2.39 bits per heavy atom. The molecule has 0 spiro atoms. The van der Waals surface area contributed by atoms with Gasteiger partial charge in [-0.15, -0.1) is 0 Å². The van der Waals surface area contributed by atoms with Crippen molar-refractivity contribution in [1.29, 1.82) is 0 Å². The van der Waals surface area contributed by atoms with Crippen molar-refractivity contribution >= 4 is 12.0 Å². The lowest BCUT2D eigenvalue weighted by molar-refractivity contribution is -0.141. The highest BCUT2D eigenvalue weighted by Gasteiger charge is 2.35. The molecule has 2 amide bonds. The third-order valence-electron chi connectivity index (χ3n) is 3.82. The van der Waals surface area contributed by atoms with Gasteiger partial charge in [0.25, 0.3) is 0 Å². The number of aliphatic carboxylic acids is 1. The Hall–Kier alpha value is -1.30. The van der Waals surface area contributed by atoms with Gasteiger partial charge in [0.1, 0.15) is 6.04 Å². The molecule has 0 radical (unpaired) electrons. The number of nitrogens with one attached hydrogen (secondary N) is 1. The maximum Gasteiger partial charge on any atom is 0.326 e.